The molecule has 1 aromatic carbocycles. The van der Waals surface area contributed by atoms with E-state index >= 15 is 0 Å². The van der Waals surface area contributed by atoms with Crippen molar-refractivity contribution < 1.29 is 13.9 Å². The zero-order chi connectivity index (χ0) is 17.1. The van der Waals surface area contributed by atoms with E-state index in [9.17, 15) is 9.18 Å². The normalized spacial score (nSPS) is 19.3. The molecule has 1 saturated heterocycles. The van der Waals surface area contributed by atoms with Gasteiger partial charge in [0.2, 0.25) is 5.91 Å². The molecule has 1 aliphatic heterocycles. The molecule has 1 atom stereocenters. The summed E-state index contributed by atoms with van der Waals surface area (Å²) in [6.07, 6.45) is 1.30. The Hall–Kier alpha value is -1.46. The third kappa shape index (κ3) is 3.90. The molecule has 0 aliphatic carbocycles. The van der Waals surface area contributed by atoms with Crippen LogP contribution in [0.25, 0.3) is 0 Å². The SMILES string of the molecule is C[C@@H](NCC1(C(N)=O)CCOCC1)C(C)(C)c1ccc(F)cc1. The van der Waals surface area contributed by atoms with Gasteiger partial charge in [0, 0.05) is 31.2 Å². The van der Waals surface area contributed by atoms with Gasteiger partial charge < -0.3 is 15.8 Å². The van der Waals surface area contributed by atoms with Crippen LogP contribution in [0.1, 0.15) is 39.2 Å². The van der Waals surface area contributed by atoms with Crippen LogP contribution in [-0.4, -0.2) is 31.7 Å². The van der Waals surface area contributed by atoms with E-state index in [1.807, 2.05) is 12.1 Å². The van der Waals surface area contributed by atoms with Gasteiger partial charge in [-0.2, -0.15) is 0 Å². The third-order valence-electron chi connectivity index (χ3n) is 5.39. The Morgan fingerprint density at radius 1 is 1.35 bits per heavy atom. The molecule has 23 heavy (non-hydrogen) atoms. The van der Waals surface area contributed by atoms with Crippen LogP contribution < -0.4 is 11.1 Å². The minimum Gasteiger partial charge on any atom is -0.381 e. The number of amides is 1. The van der Waals surface area contributed by atoms with Gasteiger partial charge >= 0.3 is 0 Å². The number of carbonyl (C=O) groups is 1. The van der Waals surface area contributed by atoms with E-state index in [1.54, 1.807) is 0 Å². The highest BCUT2D eigenvalue weighted by atomic mass is 19.1. The monoisotopic (exact) mass is 322 g/mol. The lowest BCUT2D eigenvalue weighted by Crippen LogP contribution is -2.53. The van der Waals surface area contributed by atoms with Gasteiger partial charge in [-0.05, 0) is 37.5 Å². The predicted octanol–water partition coefficient (Wildman–Crippen LogP) is 2.36. The molecule has 0 spiro atoms. The van der Waals surface area contributed by atoms with Gasteiger partial charge in [0.05, 0.1) is 5.41 Å². The number of hydrogen-bond acceptors (Lipinski definition) is 3. The summed E-state index contributed by atoms with van der Waals surface area (Å²) in [5.41, 5.74) is 5.97. The number of benzene rings is 1. The summed E-state index contributed by atoms with van der Waals surface area (Å²) in [6.45, 7) is 7.98. The molecular formula is C18H27FN2O2. The Bertz CT molecular complexity index is 536. The Labute approximate surface area is 137 Å². The highest BCUT2D eigenvalue weighted by molar-refractivity contribution is 5.81. The van der Waals surface area contributed by atoms with Gasteiger partial charge in [-0.1, -0.05) is 26.0 Å². The largest absolute Gasteiger partial charge is 0.381 e. The quantitative estimate of drug-likeness (QED) is 0.845. The summed E-state index contributed by atoms with van der Waals surface area (Å²) >= 11 is 0. The molecule has 0 unspecified atom stereocenters. The fourth-order valence-corrected chi connectivity index (χ4v) is 3.01. The minimum atomic E-state index is -0.536. The van der Waals surface area contributed by atoms with Crippen molar-refractivity contribution in [1.29, 1.82) is 0 Å². The molecule has 0 saturated carbocycles. The Morgan fingerprint density at radius 3 is 2.43 bits per heavy atom. The molecule has 1 aliphatic rings. The first-order chi connectivity index (χ1) is 10.8. The summed E-state index contributed by atoms with van der Waals surface area (Å²) in [7, 11) is 0. The summed E-state index contributed by atoms with van der Waals surface area (Å²) in [5, 5.41) is 3.48. The number of nitrogens with one attached hydrogen (secondary N) is 1. The van der Waals surface area contributed by atoms with E-state index in [0.717, 1.165) is 5.56 Å². The first-order valence-corrected chi connectivity index (χ1v) is 8.15. The molecule has 0 bridgehead atoms. The number of halogens is 1. The maximum absolute atomic E-state index is 13.1. The highest BCUT2D eigenvalue weighted by Crippen LogP contribution is 2.32. The van der Waals surface area contributed by atoms with Gasteiger partial charge in [0.25, 0.3) is 0 Å². The van der Waals surface area contributed by atoms with E-state index in [-0.39, 0.29) is 23.2 Å². The Balaban J connectivity index is 2.06. The molecule has 0 aromatic heterocycles. The van der Waals surface area contributed by atoms with Gasteiger partial charge in [-0.15, -0.1) is 0 Å². The summed E-state index contributed by atoms with van der Waals surface area (Å²) in [6, 6.07) is 6.69. The van der Waals surface area contributed by atoms with Crippen molar-refractivity contribution in [1.82, 2.24) is 5.32 Å². The summed E-state index contributed by atoms with van der Waals surface area (Å²) in [4.78, 5) is 11.9. The van der Waals surface area contributed by atoms with Gasteiger partial charge in [-0.25, -0.2) is 4.39 Å². The van der Waals surface area contributed by atoms with Crippen molar-refractivity contribution in [3.8, 4) is 0 Å². The number of ether oxygens (including phenoxy) is 1. The van der Waals surface area contributed by atoms with Crippen molar-refractivity contribution >= 4 is 5.91 Å². The maximum atomic E-state index is 13.1. The van der Waals surface area contributed by atoms with Crippen LogP contribution in [0.5, 0.6) is 0 Å². The van der Waals surface area contributed by atoms with Crippen LogP contribution in [-0.2, 0) is 14.9 Å². The molecule has 1 aromatic rings. The predicted molar refractivity (Wildman–Crippen MR) is 88.6 cm³/mol. The van der Waals surface area contributed by atoms with Crippen LogP contribution in [0.4, 0.5) is 4.39 Å². The van der Waals surface area contributed by atoms with E-state index in [1.165, 1.54) is 12.1 Å². The lowest BCUT2D eigenvalue weighted by molar-refractivity contribution is -0.133. The first-order valence-electron chi connectivity index (χ1n) is 8.15. The summed E-state index contributed by atoms with van der Waals surface area (Å²) in [5.74, 6) is -0.500. The first kappa shape index (κ1) is 17.9. The average molecular weight is 322 g/mol. The molecule has 1 heterocycles. The molecule has 4 nitrogen and oxygen atoms in total. The smallest absolute Gasteiger partial charge is 0.225 e. The van der Waals surface area contributed by atoms with E-state index in [2.05, 4.69) is 26.1 Å². The van der Waals surface area contributed by atoms with Crippen molar-refractivity contribution in [2.75, 3.05) is 19.8 Å². The van der Waals surface area contributed by atoms with Crippen LogP contribution in [0.15, 0.2) is 24.3 Å². The van der Waals surface area contributed by atoms with E-state index in [0.29, 0.717) is 32.6 Å². The van der Waals surface area contributed by atoms with Gasteiger partial charge in [0.15, 0.2) is 0 Å². The van der Waals surface area contributed by atoms with Gasteiger partial charge in [-0.3, -0.25) is 4.79 Å². The number of primary amides is 1. The fourth-order valence-electron chi connectivity index (χ4n) is 3.01. The van der Waals surface area contributed by atoms with Crippen LogP contribution in [0.2, 0.25) is 0 Å². The van der Waals surface area contributed by atoms with E-state index in [4.69, 9.17) is 10.5 Å². The number of carbonyl (C=O) groups excluding carboxylic acids is 1. The van der Waals surface area contributed by atoms with Gasteiger partial charge in [0.1, 0.15) is 5.82 Å². The Morgan fingerprint density at radius 2 is 1.91 bits per heavy atom. The van der Waals surface area contributed by atoms with Crippen molar-refractivity contribution in [3.05, 3.63) is 35.6 Å². The molecular weight excluding hydrogens is 295 g/mol. The zero-order valence-electron chi connectivity index (χ0n) is 14.2. The lowest BCUT2D eigenvalue weighted by atomic mass is 9.76. The average Bonchev–Trinajstić information content (AvgIpc) is 2.53. The number of nitrogens with two attached hydrogens (primary N) is 1. The Kier molecular flexibility index (Phi) is 5.42. The van der Waals surface area contributed by atoms with Crippen LogP contribution >= 0.6 is 0 Å². The molecule has 3 N–H and O–H groups in total. The number of rotatable bonds is 6. The van der Waals surface area contributed by atoms with E-state index < -0.39 is 5.41 Å². The van der Waals surface area contributed by atoms with Crippen LogP contribution in [0.3, 0.4) is 0 Å². The minimum absolute atomic E-state index is 0.104. The molecule has 5 heteroatoms. The molecule has 128 valence electrons. The van der Waals surface area contributed by atoms with Crippen LogP contribution in [0, 0.1) is 11.2 Å². The zero-order valence-corrected chi connectivity index (χ0v) is 14.2. The number of hydrogen-bond donors (Lipinski definition) is 2. The second kappa shape index (κ2) is 6.97. The molecule has 2 rings (SSSR count). The second-order valence-electron chi connectivity index (χ2n) is 7.09. The third-order valence-corrected chi connectivity index (χ3v) is 5.39. The van der Waals surface area contributed by atoms with Crippen molar-refractivity contribution in [2.24, 2.45) is 11.1 Å². The molecule has 1 fully saturated rings. The summed E-state index contributed by atoms with van der Waals surface area (Å²) < 4.78 is 18.5. The highest BCUT2D eigenvalue weighted by Gasteiger charge is 2.39. The topological polar surface area (TPSA) is 64.3 Å². The second-order valence-corrected chi connectivity index (χ2v) is 7.09. The maximum Gasteiger partial charge on any atom is 0.225 e. The molecule has 1 amide bonds. The molecule has 0 radical (unpaired) electrons. The standard InChI is InChI=1S/C18H27FN2O2/c1-13(17(2,3)14-4-6-15(19)7-5-14)21-12-18(16(20)22)8-10-23-11-9-18/h4-7,13,21H,8-12H2,1-3H3,(H2,20,22)/t13-/m1/s1. The lowest BCUT2D eigenvalue weighted by Gasteiger charge is -2.39. The van der Waals surface area contributed by atoms with Crippen molar-refractivity contribution in [2.45, 2.75) is 45.1 Å². The van der Waals surface area contributed by atoms with Crippen molar-refractivity contribution in [3.63, 3.8) is 0 Å². The fraction of sp³-hybridized carbons (Fsp3) is 0.611.